The number of amides is 1. The summed E-state index contributed by atoms with van der Waals surface area (Å²) in [6.45, 7) is 8.84. The van der Waals surface area contributed by atoms with Gasteiger partial charge in [0, 0.05) is 31.7 Å². The number of carbonyl (C=O) groups excluding carboxylic acids is 1. The number of hydrogen-bond acceptors (Lipinski definition) is 4. The van der Waals surface area contributed by atoms with E-state index in [1.165, 1.54) is 0 Å². The third-order valence-corrected chi connectivity index (χ3v) is 5.42. The van der Waals surface area contributed by atoms with Gasteiger partial charge in [-0.15, -0.1) is 0 Å². The van der Waals surface area contributed by atoms with Gasteiger partial charge in [0.05, 0.1) is 24.6 Å². The molecule has 1 aromatic heterocycles. The number of ether oxygens (including phenoxy) is 1. The molecule has 1 saturated heterocycles. The van der Waals surface area contributed by atoms with E-state index >= 15 is 0 Å². The molecule has 3 aromatic rings. The molecule has 0 unspecified atom stereocenters. The van der Waals surface area contributed by atoms with E-state index in [4.69, 9.17) is 9.84 Å². The number of aryl methyl sites for hydroxylation is 2. The number of aromatic nitrogens is 2. The molecule has 0 atom stereocenters. The van der Waals surface area contributed by atoms with E-state index in [2.05, 4.69) is 28.4 Å². The molecule has 1 N–H and O–H groups in total. The maximum Gasteiger partial charge on any atom is 0.270 e. The molecule has 0 spiro atoms. The van der Waals surface area contributed by atoms with E-state index in [9.17, 15) is 4.79 Å². The summed E-state index contributed by atoms with van der Waals surface area (Å²) in [5.74, 6) is -0.112. The molecule has 6 heteroatoms. The van der Waals surface area contributed by atoms with Gasteiger partial charge in [0.2, 0.25) is 0 Å². The summed E-state index contributed by atoms with van der Waals surface area (Å²) in [5.41, 5.74) is 5.45. The molecule has 0 bridgehead atoms. The van der Waals surface area contributed by atoms with E-state index < -0.39 is 0 Å². The topological polar surface area (TPSA) is 59.4 Å². The average Bonchev–Trinajstić information content (AvgIpc) is 3.22. The van der Waals surface area contributed by atoms with Gasteiger partial charge in [-0.2, -0.15) is 5.10 Å². The van der Waals surface area contributed by atoms with Gasteiger partial charge in [0.25, 0.3) is 5.91 Å². The lowest BCUT2D eigenvalue weighted by atomic mass is 10.1. The number of nitrogens with one attached hydrogen (secondary N) is 1. The molecule has 0 radical (unpaired) electrons. The largest absolute Gasteiger partial charge is 0.379 e. The standard InChI is InChI=1S/C24H28N4O2/c1-18-8-9-19(2)22(16-18)28-23(17-21(26-28)20-6-4-3-5-7-20)24(29)25-10-11-27-12-14-30-15-13-27/h3-9,16-17H,10-15H2,1-2H3,(H,25,29). The number of hydrogen-bond donors (Lipinski definition) is 1. The molecule has 6 nitrogen and oxygen atoms in total. The Morgan fingerprint density at radius 2 is 1.83 bits per heavy atom. The van der Waals surface area contributed by atoms with Crippen molar-refractivity contribution in [2.45, 2.75) is 13.8 Å². The van der Waals surface area contributed by atoms with Crippen molar-refractivity contribution in [2.24, 2.45) is 0 Å². The molecule has 1 amide bonds. The molecule has 156 valence electrons. The van der Waals surface area contributed by atoms with Gasteiger partial charge in [-0.1, -0.05) is 42.5 Å². The summed E-state index contributed by atoms with van der Waals surface area (Å²) in [6, 6.07) is 18.0. The van der Waals surface area contributed by atoms with E-state index in [0.29, 0.717) is 12.2 Å². The van der Waals surface area contributed by atoms with Gasteiger partial charge in [-0.25, -0.2) is 4.68 Å². The number of morpholine rings is 1. The lowest BCUT2D eigenvalue weighted by Gasteiger charge is -2.26. The normalized spacial score (nSPS) is 14.6. The maximum atomic E-state index is 13.1. The van der Waals surface area contributed by atoms with Gasteiger partial charge >= 0.3 is 0 Å². The Morgan fingerprint density at radius 1 is 1.07 bits per heavy atom. The summed E-state index contributed by atoms with van der Waals surface area (Å²) in [5, 5.41) is 7.87. The lowest BCUT2D eigenvalue weighted by Crippen LogP contribution is -2.41. The van der Waals surface area contributed by atoms with Crippen LogP contribution in [0.2, 0.25) is 0 Å². The van der Waals surface area contributed by atoms with Crippen LogP contribution in [0, 0.1) is 13.8 Å². The molecule has 2 aromatic carbocycles. The van der Waals surface area contributed by atoms with Gasteiger partial charge < -0.3 is 10.1 Å². The zero-order valence-corrected chi connectivity index (χ0v) is 17.6. The second-order valence-corrected chi connectivity index (χ2v) is 7.69. The predicted octanol–water partition coefficient (Wildman–Crippen LogP) is 3.22. The van der Waals surface area contributed by atoms with Crippen molar-refractivity contribution in [3.63, 3.8) is 0 Å². The molecule has 0 aliphatic carbocycles. The van der Waals surface area contributed by atoms with Crippen LogP contribution in [0.4, 0.5) is 0 Å². The van der Waals surface area contributed by atoms with Crippen molar-refractivity contribution < 1.29 is 9.53 Å². The SMILES string of the molecule is Cc1ccc(C)c(-n2nc(-c3ccccc3)cc2C(=O)NCCN2CCOCC2)c1. The molecular weight excluding hydrogens is 376 g/mol. The fourth-order valence-electron chi connectivity index (χ4n) is 3.67. The van der Waals surface area contributed by atoms with Gasteiger partial charge in [-0.3, -0.25) is 9.69 Å². The van der Waals surface area contributed by atoms with Crippen molar-refractivity contribution in [3.8, 4) is 16.9 Å². The Labute approximate surface area is 177 Å². The maximum absolute atomic E-state index is 13.1. The van der Waals surface area contributed by atoms with Crippen molar-refractivity contribution >= 4 is 5.91 Å². The average molecular weight is 405 g/mol. The number of benzene rings is 2. The Hall–Kier alpha value is -2.96. The van der Waals surface area contributed by atoms with Crippen LogP contribution < -0.4 is 5.32 Å². The van der Waals surface area contributed by atoms with Crippen molar-refractivity contribution in [2.75, 3.05) is 39.4 Å². The summed E-state index contributed by atoms with van der Waals surface area (Å²) in [4.78, 5) is 15.4. The Bertz CT molecular complexity index is 1010. The van der Waals surface area contributed by atoms with Crippen LogP contribution >= 0.6 is 0 Å². The molecular formula is C24H28N4O2. The highest BCUT2D eigenvalue weighted by Gasteiger charge is 2.19. The minimum atomic E-state index is -0.112. The van der Waals surface area contributed by atoms with Crippen LogP contribution in [-0.2, 0) is 4.74 Å². The molecule has 1 aliphatic heterocycles. The smallest absolute Gasteiger partial charge is 0.270 e. The highest BCUT2D eigenvalue weighted by Crippen LogP contribution is 2.24. The first kappa shape index (κ1) is 20.3. The quantitative estimate of drug-likeness (QED) is 0.685. The minimum absolute atomic E-state index is 0.112. The van der Waals surface area contributed by atoms with Gasteiger partial charge in [0.1, 0.15) is 5.69 Å². The Kier molecular flexibility index (Phi) is 6.26. The molecule has 0 saturated carbocycles. The van der Waals surface area contributed by atoms with E-state index in [1.807, 2.05) is 50.2 Å². The number of rotatable bonds is 6. The highest BCUT2D eigenvalue weighted by atomic mass is 16.5. The fourth-order valence-corrected chi connectivity index (χ4v) is 3.67. The van der Waals surface area contributed by atoms with Crippen LogP contribution in [0.15, 0.2) is 54.6 Å². The van der Waals surface area contributed by atoms with Crippen molar-refractivity contribution in [1.29, 1.82) is 0 Å². The number of nitrogens with zero attached hydrogens (tertiary/aromatic N) is 3. The van der Waals surface area contributed by atoms with E-state index in [-0.39, 0.29) is 5.91 Å². The van der Waals surface area contributed by atoms with Crippen molar-refractivity contribution in [1.82, 2.24) is 20.0 Å². The molecule has 1 fully saturated rings. The van der Waals surface area contributed by atoms with Crippen LogP contribution in [0.1, 0.15) is 21.6 Å². The highest BCUT2D eigenvalue weighted by molar-refractivity contribution is 5.94. The lowest BCUT2D eigenvalue weighted by molar-refractivity contribution is 0.0383. The van der Waals surface area contributed by atoms with E-state index in [1.54, 1.807) is 4.68 Å². The second kappa shape index (κ2) is 9.24. The third kappa shape index (κ3) is 4.61. The predicted molar refractivity (Wildman–Crippen MR) is 118 cm³/mol. The van der Waals surface area contributed by atoms with Crippen molar-refractivity contribution in [3.05, 3.63) is 71.4 Å². The first-order chi connectivity index (χ1) is 14.6. The molecule has 1 aliphatic rings. The fraction of sp³-hybridized carbons (Fsp3) is 0.333. The summed E-state index contributed by atoms with van der Waals surface area (Å²) in [7, 11) is 0. The molecule has 2 heterocycles. The monoisotopic (exact) mass is 404 g/mol. The summed E-state index contributed by atoms with van der Waals surface area (Å²) in [6.07, 6.45) is 0. The summed E-state index contributed by atoms with van der Waals surface area (Å²) >= 11 is 0. The number of carbonyl (C=O) groups is 1. The minimum Gasteiger partial charge on any atom is -0.379 e. The second-order valence-electron chi connectivity index (χ2n) is 7.69. The van der Waals surface area contributed by atoms with Gasteiger partial charge in [-0.05, 0) is 37.1 Å². The van der Waals surface area contributed by atoms with Gasteiger partial charge in [0.15, 0.2) is 0 Å². The van der Waals surface area contributed by atoms with E-state index in [0.717, 1.165) is 60.9 Å². The zero-order chi connectivity index (χ0) is 20.9. The van der Waals surface area contributed by atoms with Crippen LogP contribution in [0.25, 0.3) is 16.9 Å². The zero-order valence-electron chi connectivity index (χ0n) is 17.6. The Morgan fingerprint density at radius 3 is 2.60 bits per heavy atom. The first-order valence-electron chi connectivity index (χ1n) is 10.4. The van der Waals surface area contributed by atoms with Crippen LogP contribution in [0.3, 0.4) is 0 Å². The molecule has 4 rings (SSSR count). The Balaban J connectivity index is 1.60. The van der Waals surface area contributed by atoms with Crippen LogP contribution in [-0.4, -0.2) is 60.0 Å². The third-order valence-electron chi connectivity index (χ3n) is 5.42. The van der Waals surface area contributed by atoms with Crippen LogP contribution in [0.5, 0.6) is 0 Å². The first-order valence-corrected chi connectivity index (χ1v) is 10.4. The summed E-state index contributed by atoms with van der Waals surface area (Å²) < 4.78 is 7.16. The molecule has 30 heavy (non-hydrogen) atoms.